The first-order valence-corrected chi connectivity index (χ1v) is 5.93. The number of hydrogen-bond donors (Lipinski definition) is 0. The molecule has 1 heterocycles. The summed E-state index contributed by atoms with van der Waals surface area (Å²) in [6.07, 6.45) is 0. The summed E-state index contributed by atoms with van der Waals surface area (Å²) in [5.41, 5.74) is 1.91. The van der Waals surface area contributed by atoms with Gasteiger partial charge in [0.25, 0.3) is 0 Å². The van der Waals surface area contributed by atoms with E-state index in [0.717, 1.165) is 5.56 Å². The lowest BCUT2D eigenvalue weighted by molar-refractivity contribution is 0.538. The molecule has 18 heavy (non-hydrogen) atoms. The number of aromatic nitrogens is 1. The quantitative estimate of drug-likeness (QED) is 0.643. The van der Waals surface area contributed by atoms with E-state index in [0.29, 0.717) is 17.0 Å². The number of benzene rings is 2. The number of alkyl halides is 1. The minimum absolute atomic E-state index is 0.340. The van der Waals surface area contributed by atoms with Crippen LogP contribution >= 0.6 is 11.6 Å². The Hall–Kier alpha value is -1.87. The second kappa shape index (κ2) is 4.42. The summed E-state index contributed by atoms with van der Waals surface area (Å²) < 4.78 is 18.6. The number of rotatable bonds is 2. The Morgan fingerprint density at radius 2 is 1.89 bits per heavy atom. The molecule has 0 spiro atoms. The first-order valence-electron chi connectivity index (χ1n) is 5.49. The van der Waals surface area contributed by atoms with Crippen LogP contribution in [0.4, 0.5) is 4.39 Å². The Morgan fingerprint density at radius 3 is 2.67 bits per heavy atom. The first-order chi connectivity index (χ1) is 8.74. The van der Waals surface area contributed by atoms with Gasteiger partial charge in [-0.05, 0) is 17.7 Å². The maximum absolute atomic E-state index is 13.1. The summed E-state index contributed by atoms with van der Waals surface area (Å²) in [5.74, 6) is 0.0386. The monoisotopic (exact) mass is 261 g/mol. The number of oxazole rings is 1. The summed E-state index contributed by atoms with van der Waals surface area (Å²) in [7, 11) is 0. The molecular weight excluding hydrogens is 253 g/mol. The van der Waals surface area contributed by atoms with Crippen LogP contribution in [0, 0.1) is 5.82 Å². The summed E-state index contributed by atoms with van der Waals surface area (Å²) in [6.45, 7) is 0. The van der Waals surface area contributed by atoms with Crippen molar-refractivity contribution in [2.45, 2.75) is 5.38 Å². The number of fused-ring (bicyclic) bond motifs is 1. The Bertz CT molecular complexity index is 681. The van der Waals surface area contributed by atoms with Crippen LogP contribution in [0.1, 0.15) is 16.8 Å². The smallest absolute Gasteiger partial charge is 0.218 e. The molecule has 1 unspecified atom stereocenters. The maximum atomic E-state index is 13.1. The van der Waals surface area contributed by atoms with Crippen LogP contribution in [0.5, 0.6) is 0 Å². The summed E-state index contributed by atoms with van der Waals surface area (Å²) in [4.78, 5) is 4.21. The van der Waals surface area contributed by atoms with Gasteiger partial charge < -0.3 is 4.42 Å². The van der Waals surface area contributed by atoms with Crippen LogP contribution in [0.25, 0.3) is 11.1 Å². The molecular formula is C14H9ClFNO. The zero-order valence-electron chi connectivity index (χ0n) is 9.31. The van der Waals surface area contributed by atoms with E-state index >= 15 is 0 Å². The molecule has 0 aliphatic rings. The minimum Gasteiger partial charge on any atom is -0.439 e. The third-order valence-corrected chi connectivity index (χ3v) is 3.11. The van der Waals surface area contributed by atoms with Gasteiger partial charge in [0.1, 0.15) is 16.7 Å². The van der Waals surface area contributed by atoms with Crippen molar-refractivity contribution in [1.29, 1.82) is 0 Å². The predicted molar refractivity (Wildman–Crippen MR) is 68.1 cm³/mol. The molecule has 0 N–H and O–H groups in total. The second-order valence-corrected chi connectivity index (χ2v) is 4.37. The highest BCUT2D eigenvalue weighted by Crippen LogP contribution is 2.30. The van der Waals surface area contributed by atoms with Crippen LogP contribution in [-0.2, 0) is 0 Å². The summed E-state index contributed by atoms with van der Waals surface area (Å²) >= 11 is 6.29. The molecule has 0 radical (unpaired) electrons. The molecule has 2 nitrogen and oxygen atoms in total. The lowest BCUT2D eigenvalue weighted by Crippen LogP contribution is -1.92. The molecule has 4 heteroatoms. The van der Waals surface area contributed by atoms with Crippen molar-refractivity contribution < 1.29 is 8.81 Å². The fourth-order valence-corrected chi connectivity index (χ4v) is 2.03. The van der Waals surface area contributed by atoms with Crippen LogP contribution in [0.3, 0.4) is 0 Å². The van der Waals surface area contributed by atoms with Crippen molar-refractivity contribution in [1.82, 2.24) is 4.98 Å². The van der Waals surface area contributed by atoms with Crippen molar-refractivity contribution in [3.05, 3.63) is 65.8 Å². The van der Waals surface area contributed by atoms with Crippen molar-refractivity contribution in [3.8, 4) is 0 Å². The molecule has 1 atom stereocenters. The van der Waals surface area contributed by atoms with Crippen molar-refractivity contribution in [2.24, 2.45) is 0 Å². The van der Waals surface area contributed by atoms with Gasteiger partial charge in [-0.1, -0.05) is 30.3 Å². The number of hydrogen-bond acceptors (Lipinski definition) is 2. The zero-order chi connectivity index (χ0) is 12.5. The highest BCUT2D eigenvalue weighted by molar-refractivity contribution is 6.22. The molecule has 90 valence electrons. The van der Waals surface area contributed by atoms with Gasteiger partial charge in [0.2, 0.25) is 5.89 Å². The minimum atomic E-state index is -0.471. The van der Waals surface area contributed by atoms with E-state index in [1.165, 1.54) is 12.1 Å². The standard InChI is InChI=1S/C14H9ClFNO/c15-13(9-4-2-1-3-5-9)14-17-11-8-10(16)6-7-12(11)18-14/h1-8,13H. The number of halogens is 2. The largest absolute Gasteiger partial charge is 0.439 e. The fourth-order valence-electron chi connectivity index (χ4n) is 1.79. The molecule has 0 bridgehead atoms. The third-order valence-electron chi connectivity index (χ3n) is 2.68. The fraction of sp³-hybridized carbons (Fsp3) is 0.0714. The number of nitrogens with zero attached hydrogens (tertiary/aromatic N) is 1. The highest BCUT2D eigenvalue weighted by atomic mass is 35.5. The normalized spacial score (nSPS) is 12.8. The molecule has 0 saturated carbocycles. The van der Waals surface area contributed by atoms with E-state index in [4.69, 9.17) is 16.0 Å². The Balaban J connectivity index is 2.04. The topological polar surface area (TPSA) is 26.0 Å². The van der Waals surface area contributed by atoms with Crippen LogP contribution in [-0.4, -0.2) is 4.98 Å². The van der Waals surface area contributed by atoms with Gasteiger partial charge in [-0.3, -0.25) is 0 Å². The van der Waals surface area contributed by atoms with Gasteiger partial charge in [-0.2, -0.15) is 0 Å². The van der Waals surface area contributed by atoms with Crippen LogP contribution in [0.15, 0.2) is 52.9 Å². The molecule has 0 amide bonds. The van der Waals surface area contributed by atoms with Gasteiger partial charge in [0.05, 0.1) is 0 Å². The molecule has 1 aromatic heterocycles. The van der Waals surface area contributed by atoms with Gasteiger partial charge in [0.15, 0.2) is 5.58 Å². The molecule has 3 rings (SSSR count). The van der Waals surface area contributed by atoms with Gasteiger partial charge in [-0.25, -0.2) is 9.37 Å². The Morgan fingerprint density at radius 1 is 1.11 bits per heavy atom. The van der Waals surface area contributed by atoms with Crippen molar-refractivity contribution >= 4 is 22.7 Å². The van der Waals surface area contributed by atoms with E-state index in [1.54, 1.807) is 6.07 Å². The summed E-state index contributed by atoms with van der Waals surface area (Å²) in [5, 5.41) is -0.471. The SMILES string of the molecule is Fc1ccc2oc(C(Cl)c3ccccc3)nc2c1. The van der Waals surface area contributed by atoms with Gasteiger partial charge in [-0.15, -0.1) is 11.6 Å². The van der Waals surface area contributed by atoms with E-state index in [-0.39, 0.29) is 5.82 Å². The molecule has 2 aromatic carbocycles. The lowest BCUT2D eigenvalue weighted by atomic mass is 10.1. The van der Waals surface area contributed by atoms with Crippen LogP contribution in [0.2, 0.25) is 0 Å². The maximum Gasteiger partial charge on any atom is 0.218 e. The van der Waals surface area contributed by atoms with Crippen molar-refractivity contribution in [2.75, 3.05) is 0 Å². The molecule has 0 aliphatic carbocycles. The van der Waals surface area contributed by atoms with Crippen LogP contribution < -0.4 is 0 Å². The first kappa shape index (κ1) is 11.2. The third kappa shape index (κ3) is 1.97. The predicted octanol–water partition coefficient (Wildman–Crippen LogP) is 4.30. The van der Waals surface area contributed by atoms with Crippen molar-refractivity contribution in [3.63, 3.8) is 0 Å². The average Bonchev–Trinajstić information content (AvgIpc) is 2.81. The second-order valence-electron chi connectivity index (χ2n) is 3.94. The van der Waals surface area contributed by atoms with Gasteiger partial charge >= 0.3 is 0 Å². The Labute approximate surface area is 108 Å². The average molecular weight is 262 g/mol. The molecule has 3 aromatic rings. The van der Waals surface area contributed by atoms with E-state index in [9.17, 15) is 4.39 Å². The molecule has 0 fully saturated rings. The van der Waals surface area contributed by atoms with Gasteiger partial charge in [0, 0.05) is 6.07 Å². The molecule has 0 saturated heterocycles. The summed E-state index contributed by atoms with van der Waals surface area (Å²) in [6, 6.07) is 13.7. The molecule has 0 aliphatic heterocycles. The van der Waals surface area contributed by atoms with E-state index < -0.39 is 5.38 Å². The highest BCUT2D eigenvalue weighted by Gasteiger charge is 2.17. The van der Waals surface area contributed by atoms with E-state index in [2.05, 4.69) is 4.98 Å². The lowest BCUT2D eigenvalue weighted by Gasteiger charge is -2.04. The van der Waals surface area contributed by atoms with E-state index in [1.807, 2.05) is 30.3 Å². The zero-order valence-corrected chi connectivity index (χ0v) is 10.1. The Kier molecular flexibility index (Phi) is 2.76.